The van der Waals surface area contributed by atoms with Crippen LogP contribution < -0.4 is 4.74 Å². The van der Waals surface area contributed by atoms with Crippen molar-refractivity contribution in [3.05, 3.63) is 62.7 Å². The summed E-state index contributed by atoms with van der Waals surface area (Å²) in [5.74, 6) is -2.38. The van der Waals surface area contributed by atoms with E-state index in [0.717, 1.165) is 0 Å². The van der Waals surface area contributed by atoms with Crippen molar-refractivity contribution in [3.63, 3.8) is 0 Å². The lowest BCUT2D eigenvalue weighted by molar-refractivity contribution is -0.387. The van der Waals surface area contributed by atoms with Gasteiger partial charge in [0, 0.05) is 22.0 Å². The van der Waals surface area contributed by atoms with Crippen LogP contribution >= 0.6 is 27.5 Å². The second kappa shape index (κ2) is 6.36. The number of nitro benzene ring substituents is 1. The predicted molar refractivity (Wildman–Crippen MR) is 77.2 cm³/mol. The molecule has 0 saturated carbocycles. The Morgan fingerprint density at radius 2 is 1.90 bits per heavy atom. The van der Waals surface area contributed by atoms with Crippen LogP contribution in [0.25, 0.3) is 0 Å². The molecule has 0 aliphatic carbocycles. The molecule has 0 saturated heterocycles. The molecule has 0 N–H and O–H groups in total. The third-order valence-corrected chi connectivity index (χ3v) is 3.42. The molecule has 0 aliphatic heterocycles. The fourth-order valence-corrected chi connectivity index (χ4v) is 2.24. The first kappa shape index (κ1) is 15.7. The summed E-state index contributed by atoms with van der Waals surface area (Å²) >= 11 is 9.05. The van der Waals surface area contributed by atoms with Gasteiger partial charge in [-0.3, -0.25) is 10.1 Å². The van der Waals surface area contributed by atoms with Crippen molar-refractivity contribution >= 4 is 33.2 Å². The van der Waals surface area contributed by atoms with Crippen molar-refractivity contribution in [2.75, 3.05) is 0 Å². The quantitative estimate of drug-likeness (QED) is 0.417. The van der Waals surface area contributed by atoms with Crippen molar-refractivity contribution in [1.29, 1.82) is 0 Å². The monoisotopic (exact) mass is 377 g/mol. The van der Waals surface area contributed by atoms with E-state index in [9.17, 15) is 18.9 Å². The SMILES string of the molecule is O=[N+]([O-])c1cc(F)c(Oc2ccc(Cl)cc2CBr)cc1F. The first-order valence-electron chi connectivity index (χ1n) is 5.58. The van der Waals surface area contributed by atoms with Gasteiger partial charge in [0.15, 0.2) is 11.6 Å². The zero-order chi connectivity index (χ0) is 15.6. The molecular formula is C13H7BrClF2NO3. The summed E-state index contributed by atoms with van der Waals surface area (Å²) in [5.41, 5.74) is -0.322. The molecule has 8 heteroatoms. The molecule has 21 heavy (non-hydrogen) atoms. The molecule has 0 aromatic heterocycles. The summed E-state index contributed by atoms with van der Waals surface area (Å²) < 4.78 is 32.5. The average molecular weight is 379 g/mol. The Kier molecular flexibility index (Phi) is 4.74. The van der Waals surface area contributed by atoms with E-state index in [1.54, 1.807) is 6.07 Å². The van der Waals surface area contributed by atoms with Crippen LogP contribution in [0.4, 0.5) is 14.5 Å². The van der Waals surface area contributed by atoms with Crippen LogP contribution in [-0.4, -0.2) is 4.92 Å². The normalized spacial score (nSPS) is 10.5. The number of halogens is 4. The molecule has 0 fully saturated rings. The standard InChI is InChI=1S/C13H7BrClF2NO3/c14-6-7-3-8(15)1-2-12(7)21-13-5-9(16)11(18(19)20)4-10(13)17/h1-5H,6H2. The maximum Gasteiger partial charge on any atom is 0.307 e. The van der Waals surface area contributed by atoms with Crippen molar-refractivity contribution in [2.45, 2.75) is 5.33 Å². The fourth-order valence-electron chi connectivity index (χ4n) is 1.61. The van der Waals surface area contributed by atoms with Gasteiger partial charge in [0.2, 0.25) is 5.82 Å². The minimum Gasteiger partial charge on any atom is -0.454 e. The highest BCUT2D eigenvalue weighted by Crippen LogP contribution is 2.33. The molecule has 2 aromatic rings. The number of nitrogens with zero attached hydrogens (tertiary/aromatic N) is 1. The van der Waals surface area contributed by atoms with E-state index in [1.165, 1.54) is 12.1 Å². The zero-order valence-corrected chi connectivity index (χ0v) is 12.6. The van der Waals surface area contributed by atoms with Gasteiger partial charge in [-0.15, -0.1) is 0 Å². The molecule has 4 nitrogen and oxygen atoms in total. The Labute approximate surface area is 131 Å². The fraction of sp³-hybridized carbons (Fsp3) is 0.0769. The lowest BCUT2D eigenvalue weighted by Gasteiger charge is -2.11. The van der Waals surface area contributed by atoms with Crippen LogP contribution in [0.15, 0.2) is 30.3 Å². The van der Waals surface area contributed by atoms with Crippen molar-refractivity contribution in [3.8, 4) is 11.5 Å². The number of ether oxygens (including phenoxy) is 1. The van der Waals surface area contributed by atoms with Gasteiger partial charge in [0.25, 0.3) is 0 Å². The average Bonchev–Trinajstić information content (AvgIpc) is 2.43. The summed E-state index contributed by atoms with van der Waals surface area (Å²) in [5, 5.41) is 11.4. The second-order valence-electron chi connectivity index (χ2n) is 3.98. The van der Waals surface area contributed by atoms with Crippen LogP contribution in [0.5, 0.6) is 11.5 Å². The van der Waals surface area contributed by atoms with Crippen LogP contribution in [0, 0.1) is 21.7 Å². The highest BCUT2D eigenvalue weighted by atomic mass is 79.9. The molecule has 0 spiro atoms. The van der Waals surface area contributed by atoms with Crippen LogP contribution in [-0.2, 0) is 5.33 Å². The van der Waals surface area contributed by atoms with Gasteiger partial charge < -0.3 is 4.74 Å². The Hall–Kier alpha value is -1.73. The molecule has 0 unspecified atom stereocenters. The van der Waals surface area contributed by atoms with E-state index in [0.29, 0.717) is 28.0 Å². The molecular weight excluding hydrogens is 372 g/mol. The highest BCUT2D eigenvalue weighted by Gasteiger charge is 2.20. The topological polar surface area (TPSA) is 52.4 Å². The molecule has 110 valence electrons. The summed E-state index contributed by atoms with van der Waals surface area (Å²) in [7, 11) is 0. The third kappa shape index (κ3) is 3.48. The smallest absolute Gasteiger partial charge is 0.307 e. The number of hydrogen-bond acceptors (Lipinski definition) is 3. The van der Waals surface area contributed by atoms with Gasteiger partial charge in [0.05, 0.1) is 11.0 Å². The summed E-state index contributed by atoms with van der Waals surface area (Å²) in [4.78, 5) is 9.51. The molecule has 0 radical (unpaired) electrons. The molecule has 0 amide bonds. The molecule has 2 rings (SSSR count). The summed E-state index contributed by atoms with van der Waals surface area (Å²) in [6, 6.07) is 5.75. The largest absolute Gasteiger partial charge is 0.454 e. The first-order chi connectivity index (χ1) is 9.92. The minimum absolute atomic E-state index is 0.267. The van der Waals surface area contributed by atoms with Crippen molar-refractivity contribution in [2.24, 2.45) is 0 Å². The van der Waals surface area contributed by atoms with E-state index in [-0.39, 0.29) is 5.75 Å². The van der Waals surface area contributed by atoms with Gasteiger partial charge in [-0.2, -0.15) is 4.39 Å². The van der Waals surface area contributed by atoms with Gasteiger partial charge in [-0.05, 0) is 18.2 Å². The van der Waals surface area contributed by atoms with Gasteiger partial charge >= 0.3 is 5.69 Å². The molecule has 0 aliphatic rings. The van der Waals surface area contributed by atoms with Crippen molar-refractivity contribution < 1.29 is 18.4 Å². The van der Waals surface area contributed by atoms with E-state index in [1.807, 2.05) is 0 Å². The predicted octanol–water partition coefficient (Wildman–Crippen LogP) is 5.21. The minimum atomic E-state index is -1.18. The number of rotatable bonds is 4. The van der Waals surface area contributed by atoms with E-state index in [2.05, 4.69) is 15.9 Å². The Morgan fingerprint density at radius 1 is 1.19 bits per heavy atom. The Morgan fingerprint density at radius 3 is 2.52 bits per heavy atom. The maximum absolute atomic E-state index is 13.8. The Bertz CT molecular complexity index is 712. The van der Waals surface area contributed by atoms with Crippen LogP contribution in [0.2, 0.25) is 5.02 Å². The second-order valence-corrected chi connectivity index (χ2v) is 4.98. The number of hydrogen-bond donors (Lipinski definition) is 0. The molecule has 2 aromatic carbocycles. The number of nitro groups is 1. The van der Waals surface area contributed by atoms with E-state index in [4.69, 9.17) is 16.3 Å². The molecule has 0 atom stereocenters. The lowest BCUT2D eigenvalue weighted by atomic mass is 10.2. The van der Waals surface area contributed by atoms with Gasteiger partial charge in [-0.1, -0.05) is 27.5 Å². The van der Waals surface area contributed by atoms with Crippen molar-refractivity contribution in [1.82, 2.24) is 0 Å². The molecule has 0 bridgehead atoms. The van der Waals surface area contributed by atoms with Gasteiger partial charge in [-0.25, -0.2) is 4.39 Å². The van der Waals surface area contributed by atoms with Crippen LogP contribution in [0.3, 0.4) is 0 Å². The Balaban J connectivity index is 2.41. The summed E-state index contributed by atoms with van der Waals surface area (Å²) in [6.45, 7) is 0. The lowest BCUT2D eigenvalue weighted by Crippen LogP contribution is -1.97. The molecule has 0 heterocycles. The van der Waals surface area contributed by atoms with E-state index >= 15 is 0 Å². The van der Waals surface area contributed by atoms with Gasteiger partial charge in [0.1, 0.15) is 5.75 Å². The first-order valence-corrected chi connectivity index (χ1v) is 7.08. The zero-order valence-electron chi connectivity index (χ0n) is 10.3. The summed E-state index contributed by atoms with van der Waals surface area (Å²) in [6.07, 6.45) is 0. The van der Waals surface area contributed by atoms with E-state index < -0.39 is 28.0 Å². The number of alkyl halides is 1. The maximum atomic E-state index is 13.8. The van der Waals surface area contributed by atoms with Crippen LogP contribution in [0.1, 0.15) is 5.56 Å². The highest BCUT2D eigenvalue weighted by molar-refractivity contribution is 9.08. The third-order valence-electron chi connectivity index (χ3n) is 2.58. The number of benzene rings is 2.